The molecule has 0 amide bonds. The van der Waals surface area contributed by atoms with Crippen molar-refractivity contribution in [3.63, 3.8) is 0 Å². The summed E-state index contributed by atoms with van der Waals surface area (Å²) in [6.07, 6.45) is 1.86. The fraction of sp³-hybridized carbons (Fsp3) is 0.667. The van der Waals surface area contributed by atoms with Gasteiger partial charge in [-0.1, -0.05) is 27.7 Å². The molecule has 0 aliphatic rings. The monoisotopic (exact) mass is 249 g/mol. The highest BCUT2D eigenvalue weighted by atomic mass is 15.2. The molecule has 1 rings (SSSR count). The van der Waals surface area contributed by atoms with Crippen LogP contribution in [0, 0.1) is 11.8 Å². The quantitative estimate of drug-likeness (QED) is 0.841. The highest BCUT2D eigenvalue weighted by Gasteiger charge is 2.12. The van der Waals surface area contributed by atoms with Gasteiger partial charge in [-0.2, -0.15) is 0 Å². The Balaban J connectivity index is 2.93. The summed E-state index contributed by atoms with van der Waals surface area (Å²) in [6.45, 7) is 13.0. The maximum atomic E-state index is 5.94. The first-order chi connectivity index (χ1) is 8.40. The average Bonchev–Trinajstić information content (AvgIpc) is 2.27. The van der Waals surface area contributed by atoms with Gasteiger partial charge in [-0.25, -0.2) is 4.98 Å². The lowest BCUT2D eigenvalue weighted by atomic mass is 10.1. The predicted octanol–water partition coefficient (Wildman–Crippen LogP) is 3.22. The van der Waals surface area contributed by atoms with E-state index in [1.54, 1.807) is 0 Å². The molecule has 3 nitrogen and oxygen atoms in total. The first-order valence-corrected chi connectivity index (χ1v) is 6.86. The molecule has 0 aliphatic heterocycles. The van der Waals surface area contributed by atoms with Crippen LogP contribution in [0.3, 0.4) is 0 Å². The topological polar surface area (TPSA) is 42.1 Å². The number of hydrogen-bond acceptors (Lipinski definition) is 3. The van der Waals surface area contributed by atoms with Crippen LogP contribution in [0.2, 0.25) is 0 Å². The molecule has 0 fully saturated rings. The van der Waals surface area contributed by atoms with Crippen LogP contribution < -0.4 is 10.6 Å². The van der Waals surface area contributed by atoms with Gasteiger partial charge in [0, 0.05) is 25.3 Å². The molecular formula is C15H27N3. The highest BCUT2D eigenvalue weighted by molar-refractivity contribution is 5.41. The summed E-state index contributed by atoms with van der Waals surface area (Å²) in [5.74, 6) is 2.31. The summed E-state index contributed by atoms with van der Waals surface area (Å²) in [5, 5.41) is 0. The summed E-state index contributed by atoms with van der Waals surface area (Å²) < 4.78 is 0. The van der Waals surface area contributed by atoms with Crippen LogP contribution in [-0.2, 0) is 0 Å². The van der Waals surface area contributed by atoms with E-state index in [1.165, 1.54) is 0 Å². The zero-order valence-electron chi connectivity index (χ0n) is 12.4. The molecule has 18 heavy (non-hydrogen) atoms. The van der Waals surface area contributed by atoms with Crippen molar-refractivity contribution in [3.05, 3.63) is 23.9 Å². The van der Waals surface area contributed by atoms with Crippen LogP contribution in [0.4, 0.5) is 5.82 Å². The number of pyridine rings is 1. The fourth-order valence-corrected chi connectivity index (χ4v) is 2.03. The van der Waals surface area contributed by atoms with E-state index in [0.717, 1.165) is 24.5 Å². The molecule has 0 aromatic carbocycles. The molecule has 1 aromatic heterocycles. The SMILES string of the molecule is CC(C)CN(CC(C)C)c1cc([C@H](C)N)ccn1. The number of aromatic nitrogens is 1. The first kappa shape index (κ1) is 15.0. The molecule has 2 N–H and O–H groups in total. The maximum Gasteiger partial charge on any atom is 0.128 e. The van der Waals surface area contributed by atoms with E-state index in [0.29, 0.717) is 11.8 Å². The van der Waals surface area contributed by atoms with Crippen LogP contribution in [0.1, 0.15) is 46.2 Å². The third kappa shape index (κ3) is 4.65. The van der Waals surface area contributed by atoms with Gasteiger partial charge in [0.15, 0.2) is 0 Å². The van der Waals surface area contributed by atoms with Gasteiger partial charge in [0.1, 0.15) is 5.82 Å². The number of hydrogen-bond donors (Lipinski definition) is 1. The minimum Gasteiger partial charge on any atom is -0.356 e. The van der Waals surface area contributed by atoms with Crippen molar-refractivity contribution in [2.45, 2.75) is 40.7 Å². The second kappa shape index (κ2) is 6.74. The molecule has 1 aromatic rings. The van der Waals surface area contributed by atoms with Crippen molar-refractivity contribution < 1.29 is 0 Å². The number of rotatable bonds is 6. The molecule has 0 saturated heterocycles. The molecule has 0 saturated carbocycles. The Morgan fingerprint density at radius 3 is 2.11 bits per heavy atom. The number of nitrogens with two attached hydrogens (primary N) is 1. The second-order valence-electron chi connectivity index (χ2n) is 5.93. The summed E-state index contributed by atoms with van der Waals surface area (Å²) >= 11 is 0. The maximum absolute atomic E-state index is 5.94. The summed E-state index contributed by atoms with van der Waals surface area (Å²) in [7, 11) is 0. The van der Waals surface area contributed by atoms with Gasteiger partial charge < -0.3 is 10.6 Å². The van der Waals surface area contributed by atoms with Gasteiger partial charge in [0.2, 0.25) is 0 Å². The highest BCUT2D eigenvalue weighted by Crippen LogP contribution is 2.19. The van der Waals surface area contributed by atoms with Gasteiger partial charge in [0.05, 0.1) is 0 Å². The largest absolute Gasteiger partial charge is 0.356 e. The van der Waals surface area contributed by atoms with Crippen molar-refractivity contribution in [2.24, 2.45) is 17.6 Å². The molecule has 0 unspecified atom stereocenters. The molecular weight excluding hydrogens is 222 g/mol. The Hall–Kier alpha value is -1.09. The first-order valence-electron chi connectivity index (χ1n) is 6.86. The van der Waals surface area contributed by atoms with Gasteiger partial charge in [0.25, 0.3) is 0 Å². The average molecular weight is 249 g/mol. The van der Waals surface area contributed by atoms with E-state index in [1.807, 2.05) is 19.2 Å². The zero-order valence-corrected chi connectivity index (χ0v) is 12.4. The molecule has 0 spiro atoms. The third-order valence-electron chi connectivity index (χ3n) is 2.79. The van der Waals surface area contributed by atoms with Crippen molar-refractivity contribution in [3.8, 4) is 0 Å². The molecule has 0 aliphatic carbocycles. The zero-order chi connectivity index (χ0) is 13.7. The smallest absolute Gasteiger partial charge is 0.128 e. The van der Waals surface area contributed by atoms with Crippen LogP contribution in [0.5, 0.6) is 0 Å². The lowest BCUT2D eigenvalue weighted by Crippen LogP contribution is -2.32. The number of anilines is 1. The Morgan fingerprint density at radius 2 is 1.67 bits per heavy atom. The van der Waals surface area contributed by atoms with Crippen LogP contribution in [0.15, 0.2) is 18.3 Å². The van der Waals surface area contributed by atoms with Crippen LogP contribution in [0.25, 0.3) is 0 Å². The van der Waals surface area contributed by atoms with E-state index in [-0.39, 0.29) is 6.04 Å². The lowest BCUT2D eigenvalue weighted by molar-refractivity contribution is 0.548. The predicted molar refractivity (Wildman–Crippen MR) is 78.7 cm³/mol. The Labute approximate surface area is 111 Å². The van der Waals surface area contributed by atoms with Gasteiger partial charge in [-0.3, -0.25) is 0 Å². The van der Waals surface area contributed by atoms with Gasteiger partial charge >= 0.3 is 0 Å². The van der Waals surface area contributed by atoms with E-state index in [4.69, 9.17) is 5.73 Å². The van der Waals surface area contributed by atoms with E-state index in [2.05, 4.69) is 43.6 Å². The molecule has 1 atom stereocenters. The number of nitrogens with zero attached hydrogens (tertiary/aromatic N) is 2. The van der Waals surface area contributed by atoms with E-state index >= 15 is 0 Å². The fourth-order valence-electron chi connectivity index (χ4n) is 2.03. The minimum absolute atomic E-state index is 0.0618. The van der Waals surface area contributed by atoms with E-state index < -0.39 is 0 Å². The van der Waals surface area contributed by atoms with E-state index in [9.17, 15) is 0 Å². The molecule has 0 bridgehead atoms. The minimum atomic E-state index is 0.0618. The van der Waals surface area contributed by atoms with Crippen molar-refractivity contribution >= 4 is 5.82 Å². The summed E-state index contributed by atoms with van der Waals surface area (Å²) in [5.41, 5.74) is 7.09. The summed E-state index contributed by atoms with van der Waals surface area (Å²) in [4.78, 5) is 6.86. The van der Waals surface area contributed by atoms with Crippen molar-refractivity contribution in [2.75, 3.05) is 18.0 Å². The summed E-state index contributed by atoms with van der Waals surface area (Å²) in [6, 6.07) is 4.18. The molecule has 1 heterocycles. The lowest BCUT2D eigenvalue weighted by Gasteiger charge is -2.28. The van der Waals surface area contributed by atoms with Crippen LogP contribution >= 0.6 is 0 Å². The Bertz CT molecular complexity index is 349. The van der Waals surface area contributed by atoms with Gasteiger partial charge in [-0.05, 0) is 36.5 Å². The Morgan fingerprint density at radius 1 is 1.11 bits per heavy atom. The normalized spacial score (nSPS) is 13.1. The Kier molecular flexibility index (Phi) is 5.60. The second-order valence-corrected chi connectivity index (χ2v) is 5.93. The molecule has 102 valence electrons. The van der Waals surface area contributed by atoms with Crippen LogP contribution in [-0.4, -0.2) is 18.1 Å². The molecule has 0 radical (unpaired) electrons. The molecule has 3 heteroatoms. The van der Waals surface area contributed by atoms with Gasteiger partial charge in [-0.15, -0.1) is 0 Å². The van der Waals surface area contributed by atoms with Crippen molar-refractivity contribution in [1.29, 1.82) is 0 Å². The third-order valence-corrected chi connectivity index (χ3v) is 2.79. The van der Waals surface area contributed by atoms with Crippen molar-refractivity contribution in [1.82, 2.24) is 4.98 Å². The standard InChI is InChI=1S/C15H27N3/c1-11(2)9-18(10-12(3)4)15-8-14(13(5)16)6-7-17-15/h6-8,11-13H,9-10,16H2,1-5H3/t13-/m0/s1.